The minimum absolute atomic E-state index is 0.0327. The first kappa shape index (κ1) is 21.8. The van der Waals surface area contributed by atoms with Crippen LogP contribution in [-0.2, 0) is 16.1 Å². The predicted molar refractivity (Wildman–Crippen MR) is 126 cm³/mol. The highest BCUT2D eigenvalue weighted by atomic mass is 16.2. The Morgan fingerprint density at radius 1 is 1.12 bits per heavy atom. The van der Waals surface area contributed by atoms with Gasteiger partial charge in [-0.1, -0.05) is 30.3 Å². The van der Waals surface area contributed by atoms with Crippen LogP contribution in [0.4, 0.5) is 11.4 Å². The van der Waals surface area contributed by atoms with Gasteiger partial charge in [0.15, 0.2) is 0 Å². The molecule has 32 heavy (non-hydrogen) atoms. The van der Waals surface area contributed by atoms with Crippen molar-refractivity contribution < 1.29 is 9.59 Å². The van der Waals surface area contributed by atoms with Crippen molar-refractivity contribution in [1.29, 1.82) is 0 Å². The van der Waals surface area contributed by atoms with Crippen molar-refractivity contribution in [3.8, 4) is 5.69 Å². The smallest absolute Gasteiger partial charge is 0.241 e. The average Bonchev–Trinajstić information content (AvgIpc) is 2.95. The number of aromatic nitrogens is 2. The van der Waals surface area contributed by atoms with Crippen molar-refractivity contribution in [3.05, 3.63) is 71.5 Å². The predicted octanol–water partition coefficient (Wildman–Crippen LogP) is 3.68. The van der Waals surface area contributed by atoms with Gasteiger partial charge in [0, 0.05) is 30.3 Å². The highest BCUT2D eigenvalue weighted by molar-refractivity contribution is 6.04. The van der Waals surface area contributed by atoms with Gasteiger partial charge in [0.1, 0.15) is 0 Å². The first-order valence-corrected chi connectivity index (χ1v) is 10.8. The first-order chi connectivity index (χ1) is 15.3. The maximum Gasteiger partial charge on any atom is 0.241 e. The highest BCUT2D eigenvalue weighted by Crippen LogP contribution is 2.31. The number of para-hydroxylation sites is 3. The quantitative estimate of drug-likeness (QED) is 0.669. The van der Waals surface area contributed by atoms with Gasteiger partial charge in [-0.2, -0.15) is 5.10 Å². The summed E-state index contributed by atoms with van der Waals surface area (Å²) in [6.07, 6.45) is 0.270. The van der Waals surface area contributed by atoms with Crippen LogP contribution in [0, 0.1) is 13.8 Å². The lowest BCUT2D eigenvalue weighted by Gasteiger charge is -2.29. The largest absolute Gasteiger partial charge is 0.324 e. The van der Waals surface area contributed by atoms with Crippen molar-refractivity contribution in [2.75, 3.05) is 23.8 Å². The standard InChI is InChI=1S/C25H29N5O2/c1-17-14-24(31)26-22-12-8-9-13-23(22)29(17)25(32)16-28(4)15-21-18(2)27-30(19(21)3)20-10-6-5-7-11-20/h5-13,17H,14-16H2,1-4H3,(H,26,31)/t17-/m0/s1. The molecule has 7 heteroatoms. The number of carbonyl (C=O) groups is 2. The van der Waals surface area contributed by atoms with Crippen molar-refractivity contribution in [2.24, 2.45) is 0 Å². The molecule has 0 fully saturated rings. The zero-order chi connectivity index (χ0) is 22.8. The van der Waals surface area contributed by atoms with Gasteiger partial charge in [0.2, 0.25) is 11.8 Å². The Hall–Kier alpha value is -3.45. The summed E-state index contributed by atoms with van der Waals surface area (Å²) in [6.45, 7) is 6.82. The van der Waals surface area contributed by atoms with E-state index in [0.29, 0.717) is 12.2 Å². The molecular formula is C25H29N5O2. The Bertz CT molecular complexity index is 1140. The Morgan fingerprint density at radius 2 is 1.81 bits per heavy atom. The maximum atomic E-state index is 13.4. The summed E-state index contributed by atoms with van der Waals surface area (Å²) in [5, 5.41) is 7.62. The molecule has 1 aromatic heterocycles. The Balaban J connectivity index is 1.53. The van der Waals surface area contributed by atoms with Crippen LogP contribution in [0.2, 0.25) is 0 Å². The normalized spacial score (nSPS) is 16.0. The molecule has 4 rings (SSSR count). The minimum atomic E-state index is -0.219. The first-order valence-electron chi connectivity index (χ1n) is 10.8. The monoisotopic (exact) mass is 431 g/mol. The van der Waals surface area contributed by atoms with E-state index in [4.69, 9.17) is 5.10 Å². The third-order valence-electron chi connectivity index (χ3n) is 5.90. The Morgan fingerprint density at radius 3 is 2.56 bits per heavy atom. The van der Waals surface area contributed by atoms with Crippen LogP contribution in [0.15, 0.2) is 54.6 Å². The van der Waals surface area contributed by atoms with Gasteiger partial charge in [0.25, 0.3) is 0 Å². The summed E-state index contributed by atoms with van der Waals surface area (Å²) >= 11 is 0. The van der Waals surface area contributed by atoms with Gasteiger partial charge < -0.3 is 10.2 Å². The number of carbonyl (C=O) groups excluding carboxylic acids is 2. The Kier molecular flexibility index (Phi) is 6.10. The van der Waals surface area contributed by atoms with Gasteiger partial charge in [-0.05, 0) is 52.1 Å². The summed E-state index contributed by atoms with van der Waals surface area (Å²) in [7, 11) is 1.94. The number of nitrogens with zero attached hydrogens (tertiary/aromatic N) is 4. The fraction of sp³-hybridized carbons (Fsp3) is 0.320. The lowest BCUT2D eigenvalue weighted by molar-refractivity contribution is -0.120. The molecule has 1 N–H and O–H groups in total. The molecule has 3 aromatic rings. The van der Waals surface area contributed by atoms with E-state index < -0.39 is 0 Å². The summed E-state index contributed by atoms with van der Waals surface area (Å²) in [4.78, 5) is 29.3. The number of hydrogen-bond donors (Lipinski definition) is 1. The number of fused-ring (bicyclic) bond motifs is 1. The number of anilines is 2. The fourth-order valence-corrected chi connectivity index (χ4v) is 4.33. The third-order valence-corrected chi connectivity index (χ3v) is 5.90. The van der Waals surface area contributed by atoms with Crippen LogP contribution >= 0.6 is 0 Å². The molecule has 0 saturated carbocycles. The van der Waals surface area contributed by atoms with Crippen molar-refractivity contribution >= 4 is 23.2 Å². The topological polar surface area (TPSA) is 70.5 Å². The summed E-state index contributed by atoms with van der Waals surface area (Å²) in [5.74, 6) is -0.108. The minimum Gasteiger partial charge on any atom is -0.324 e. The molecule has 0 saturated heterocycles. The molecule has 1 aliphatic rings. The van der Waals surface area contributed by atoms with Crippen LogP contribution in [0.3, 0.4) is 0 Å². The van der Waals surface area contributed by atoms with Crippen LogP contribution in [-0.4, -0.2) is 46.1 Å². The number of benzene rings is 2. The van der Waals surface area contributed by atoms with Gasteiger partial charge in [0.05, 0.1) is 29.3 Å². The lowest BCUT2D eigenvalue weighted by Crippen LogP contribution is -2.44. The Labute approximate surface area is 188 Å². The highest BCUT2D eigenvalue weighted by Gasteiger charge is 2.30. The van der Waals surface area contributed by atoms with Gasteiger partial charge >= 0.3 is 0 Å². The molecule has 2 heterocycles. The van der Waals surface area contributed by atoms with Crippen LogP contribution in [0.5, 0.6) is 0 Å². The molecule has 0 radical (unpaired) electrons. The fourth-order valence-electron chi connectivity index (χ4n) is 4.33. The molecule has 7 nitrogen and oxygen atoms in total. The second kappa shape index (κ2) is 8.96. The van der Waals surface area contributed by atoms with E-state index in [1.807, 2.05) is 85.1 Å². The number of amides is 2. The number of rotatable bonds is 5. The summed E-state index contributed by atoms with van der Waals surface area (Å²) in [5.41, 5.74) is 5.57. The summed E-state index contributed by atoms with van der Waals surface area (Å²) in [6, 6.07) is 17.3. The second-order valence-corrected chi connectivity index (χ2v) is 8.45. The van der Waals surface area contributed by atoms with E-state index >= 15 is 0 Å². The molecule has 1 atom stereocenters. The van der Waals surface area contributed by atoms with E-state index in [9.17, 15) is 9.59 Å². The van der Waals surface area contributed by atoms with E-state index in [1.165, 1.54) is 0 Å². The van der Waals surface area contributed by atoms with Crippen LogP contribution < -0.4 is 10.2 Å². The zero-order valence-corrected chi connectivity index (χ0v) is 19.0. The zero-order valence-electron chi connectivity index (χ0n) is 19.0. The summed E-state index contributed by atoms with van der Waals surface area (Å²) < 4.78 is 1.95. The van der Waals surface area contributed by atoms with Gasteiger partial charge in [-0.15, -0.1) is 0 Å². The van der Waals surface area contributed by atoms with Crippen molar-refractivity contribution in [2.45, 2.75) is 39.8 Å². The van der Waals surface area contributed by atoms with Gasteiger partial charge in [-0.25, -0.2) is 4.68 Å². The van der Waals surface area contributed by atoms with E-state index in [-0.39, 0.29) is 30.8 Å². The number of nitrogens with one attached hydrogen (secondary N) is 1. The van der Waals surface area contributed by atoms with E-state index in [1.54, 1.807) is 4.90 Å². The number of likely N-dealkylation sites (N-methyl/N-ethyl adjacent to an activating group) is 1. The van der Waals surface area contributed by atoms with E-state index in [0.717, 1.165) is 28.3 Å². The SMILES string of the molecule is Cc1nn(-c2ccccc2)c(C)c1CN(C)CC(=O)N1c2ccccc2NC(=O)C[C@@H]1C. The molecule has 0 unspecified atom stereocenters. The molecule has 0 aliphatic carbocycles. The molecular weight excluding hydrogens is 402 g/mol. The van der Waals surface area contributed by atoms with Crippen LogP contribution in [0.25, 0.3) is 5.69 Å². The van der Waals surface area contributed by atoms with Crippen molar-refractivity contribution in [3.63, 3.8) is 0 Å². The maximum absolute atomic E-state index is 13.4. The van der Waals surface area contributed by atoms with E-state index in [2.05, 4.69) is 12.2 Å². The number of hydrogen-bond acceptors (Lipinski definition) is 4. The molecule has 0 spiro atoms. The molecule has 1 aliphatic heterocycles. The van der Waals surface area contributed by atoms with Crippen LogP contribution in [0.1, 0.15) is 30.3 Å². The molecule has 166 valence electrons. The third kappa shape index (κ3) is 4.29. The lowest BCUT2D eigenvalue weighted by atomic mass is 10.1. The van der Waals surface area contributed by atoms with Crippen molar-refractivity contribution in [1.82, 2.24) is 14.7 Å². The molecule has 2 amide bonds. The molecule has 2 aromatic carbocycles. The molecule has 0 bridgehead atoms. The average molecular weight is 432 g/mol. The van der Waals surface area contributed by atoms with Gasteiger partial charge in [-0.3, -0.25) is 14.5 Å². The number of aryl methyl sites for hydroxylation is 1. The second-order valence-electron chi connectivity index (χ2n) is 8.45.